The summed E-state index contributed by atoms with van der Waals surface area (Å²) < 4.78 is 39.0. The van der Waals surface area contributed by atoms with Crippen molar-refractivity contribution in [3.05, 3.63) is 41.3 Å². The average molecular weight is 313 g/mol. The fraction of sp³-hybridized carbons (Fsp3) is 0.467. The van der Waals surface area contributed by atoms with Gasteiger partial charge in [-0.25, -0.2) is 9.67 Å². The average Bonchev–Trinajstić information content (AvgIpc) is 2.91. The molecule has 120 valence electrons. The zero-order valence-electron chi connectivity index (χ0n) is 12.4. The summed E-state index contributed by atoms with van der Waals surface area (Å²) in [6.07, 6.45) is -0.115. The first-order chi connectivity index (χ1) is 10.4. The van der Waals surface area contributed by atoms with E-state index in [1.807, 2.05) is 6.92 Å². The molecule has 22 heavy (non-hydrogen) atoms. The van der Waals surface area contributed by atoms with Gasteiger partial charge in [0.25, 0.3) is 0 Å². The minimum absolute atomic E-state index is 0.163. The van der Waals surface area contributed by atoms with Crippen LogP contribution in [-0.2, 0) is 12.8 Å². The van der Waals surface area contributed by atoms with Crippen molar-refractivity contribution in [1.29, 1.82) is 0 Å². The van der Waals surface area contributed by atoms with E-state index in [1.165, 1.54) is 10.7 Å². The molecule has 1 unspecified atom stereocenters. The van der Waals surface area contributed by atoms with E-state index >= 15 is 0 Å². The predicted octanol–water partition coefficient (Wildman–Crippen LogP) is 3.68. The summed E-state index contributed by atoms with van der Waals surface area (Å²) >= 11 is 0. The lowest BCUT2D eigenvalue weighted by atomic mass is 9.99. The van der Waals surface area contributed by atoms with E-state index in [-0.39, 0.29) is 18.3 Å². The molecule has 2 heterocycles. The molecule has 1 N–H and O–H groups in total. The third-order valence-corrected chi connectivity index (χ3v) is 3.49. The normalized spacial score (nSPS) is 13.4. The van der Waals surface area contributed by atoms with Crippen LogP contribution in [0.1, 0.15) is 49.4 Å². The molecule has 1 atom stereocenters. The quantitative estimate of drug-likeness (QED) is 0.916. The number of aliphatic hydroxyl groups is 1. The molecule has 4 nitrogen and oxygen atoms in total. The zero-order valence-corrected chi connectivity index (χ0v) is 12.4. The molecule has 0 amide bonds. The molecular formula is C15H18F3N3O. The van der Waals surface area contributed by atoms with Gasteiger partial charge in [0.15, 0.2) is 5.82 Å². The summed E-state index contributed by atoms with van der Waals surface area (Å²) in [4.78, 5) is 3.81. The van der Waals surface area contributed by atoms with E-state index in [9.17, 15) is 18.3 Å². The number of alkyl halides is 3. The lowest BCUT2D eigenvalue weighted by Crippen LogP contribution is -2.07. The third kappa shape index (κ3) is 3.47. The van der Waals surface area contributed by atoms with Gasteiger partial charge in [-0.15, -0.1) is 0 Å². The van der Waals surface area contributed by atoms with Crippen molar-refractivity contribution in [2.24, 2.45) is 0 Å². The number of pyridine rings is 1. The molecule has 0 aromatic carbocycles. The Kier molecular flexibility index (Phi) is 4.85. The molecule has 2 aromatic rings. The Labute approximate surface area is 126 Å². The summed E-state index contributed by atoms with van der Waals surface area (Å²) in [5.74, 6) is 0.459. The highest BCUT2D eigenvalue weighted by Gasteiger charge is 2.30. The van der Waals surface area contributed by atoms with Gasteiger partial charge in [0.05, 0.1) is 17.9 Å². The highest BCUT2D eigenvalue weighted by Crippen LogP contribution is 2.29. The Morgan fingerprint density at radius 1 is 1.32 bits per heavy atom. The van der Waals surface area contributed by atoms with Crippen LogP contribution in [0.4, 0.5) is 13.2 Å². The van der Waals surface area contributed by atoms with Crippen LogP contribution < -0.4 is 0 Å². The Hall–Kier alpha value is -1.89. The molecule has 0 aliphatic carbocycles. The standard InChI is InChI=1S/C15H18F3N3O/c1-3-4-10(2)14-11(9-22)8-21(20-14)13-6-5-12(7-19-13)15(16,17)18/h5-8,10,22H,3-4,9H2,1-2H3. The Morgan fingerprint density at radius 3 is 2.55 bits per heavy atom. The fourth-order valence-corrected chi connectivity index (χ4v) is 2.34. The fourth-order valence-electron chi connectivity index (χ4n) is 2.34. The maximum absolute atomic E-state index is 12.5. The van der Waals surface area contributed by atoms with Crippen molar-refractivity contribution in [3.8, 4) is 5.82 Å². The lowest BCUT2D eigenvalue weighted by Gasteiger charge is -2.08. The lowest BCUT2D eigenvalue weighted by molar-refractivity contribution is -0.137. The van der Waals surface area contributed by atoms with E-state index in [2.05, 4.69) is 17.0 Å². The number of halogens is 3. The van der Waals surface area contributed by atoms with Crippen LogP contribution in [0.15, 0.2) is 24.5 Å². The van der Waals surface area contributed by atoms with Crippen LogP contribution in [0.3, 0.4) is 0 Å². The monoisotopic (exact) mass is 313 g/mol. The SMILES string of the molecule is CCCC(C)c1nn(-c2ccc(C(F)(F)F)cn2)cc1CO. The van der Waals surface area contributed by atoms with Crippen LogP contribution in [0.25, 0.3) is 5.82 Å². The molecule has 0 saturated carbocycles. The third-order valence-electron chi connectivity index (χ3n) is 3.49. The molecule has 7 heteroatoms. The highest BCUT2D eigenvalue weighted by atomic mass is 19.4. The molecule has 0 aliphatic rings. The molecule has 0 aliphatic heterocycles. The van der Waals surface area contributed by atoms with Gasteiger partial charge in [-0.1, -0.05) is 20.3 Å². The zero-order chi connectivity index (χ0) is 16.3. The number of aliphatic hydroxyl groups excluding tert-OH is 1. The Morgan fingerprint density at radius 2 is 2.05 bits per heavy atom. The molecule has 2 aromatic heterocycles. The highest BCUT2D eigenvalue weighted by molar-refractivity contribution is 5.30. The summed E-state index contributed by atoms with van der Waals surface area (Å²) in [5, 5.41) is 13.8. The molecule has 0 bridgehead atoms. The van der Waals surface area contributed by atoms with Crippen LogP contribution in [0, 0.1) is 0 Å². The largest absolute Gasteiger partial charge is 0.417 e. The summed E-state index contributed by atoms with van der Waals surface area (Å²) in [5.41, 5.74) is 0.624. The van der Waals surface area contributed by atoms with Crippen molar-refractivity contribution in [1.82, 2.24) is 14.8 Å². The number of hydrogen-bond donors (Lipinski definition) is 1. The van der Waals surface area contributed by atoms with Crippen LogP contribution in [-0.4, -0.2) is 19.9 Å². The predicted molar refractivity (Wildman–Crippen MR) is 75.6 cm³/mol. The second-order valence-corrected chi connectivity index (χ2v) is 5.23. The van der Waals surface area contributed by atoms with Gasteiger partial charge in [0.1, 0.15) is 0 Å². The molecule has 0 radical (unpaired) electrons. The van der Waals surface area contributed by atoms with E-state index < -0.39 is 11.7 Å². The number of aromatic nitrogens is 3. The van der Waals surface area contributed by atoms with E-state index in [0.717, 1.165) is 30.8 Å². The van der Waals surface area contributed by atoms with E-state index in [4.69, 9.17) is 0 Å². The second-order valence-electron chi connectivity index (χ2n) is 5.23. The van der Waals surface area contributed by atoms with E-state index in [0.29, 0.717) is 5.56 Å². The number of rotatable bonds is 5. The summed E-state index contributed by atoms with van der Waals surface area (Å²) in [6, 6.07) is 2.24. The Balaban J connectivity index is 2.33. The van der Waals surface area contributed by atoms with Crippen molar-refractivity contribution in [3.63, 3.8) is 0 Å². The summed E-state index contributed by atoms with van der Waals surface area (Å²) in [7, 11) is 0. The van der Waals surface area contributed by atoms with Crippen molar-refractivity contribution >= 4 is 0 Å². The molecule has 0 saturated heterocycles. The first-order valence-electron chi connectivity index (χ1n) is 7.09. The first kappa shape index (κ1) is 16.5. The van der Waals surface area contributed by atoms with Gasteiger partial charge in [-0.05, 0) is 18.6 Å². The molecular weight excluding hydrogens is 295 g/mol. The second kappa shape index (κ2) is 6.48. The number of nitrogens with zero attached hydrogens (tertiary/aromatic N) is 3. The van der Waals surface area contributed by atoms with E-state index in [1.54, 1.807) is 6.20 Å². The Bertz CT molecular complexity index is 620. The first-order valence-corrected chi connectivity index (χ1v) is 7.09. The van der Waals surface area contributed by atoms with Gasteiger partial charge in [0, 0.05) is 23.9 Å². The maximum Gasteiger partial charge on any atom is 0.417 e. The van der Waals surface area contributed by atoms with Crippen LogP contribution in [0.5, 0.6) is 0 Å². The smallest absolute Gasteiger partial charge is 0.392 e. The summed E-state index contributed by atoms with van der Waals surface area (Å²) in [6.45, 7) is 3.91. The maximum atomic E-state index is 12.5. The minimum Gasteiger partial charge on any atom is -0.392 e. The van der Waals surface area contributed by atoms with Crippen LogP contribution in [0.2, 0.25) is 0 Å². The van der Waals surface area contributed by atoms with Gasteiger partial charge in [-0.2, -0.15) is 18.3 Å². The van der Waals surface area contributed by atoms with Gasteiger partial charge in [-0.3, -0.25) is 0 Å². The van der Waals surface area contributed by atoms with Crippen molar-refractivity contribution in [2.45, 2.75) is 45.4 Å². The number of hydrogen-bond acceptors (Lipinski definition) is 3. The minimum atomic E-state index is -4.41. The molecule has 2 rings (SSSR count). The molecule has 0 fully saturated rings. The van der Waals surface area contributed by atoms with Crippen LogP contribution >= 0.6 is 0 Å². The van der Waals surface area contributed by atoms with Crippen molar-refractivity contribution in [2.75, 3.05) is 0 Å². The van der Waals surface area contributed by atoms with Gasteiger partial charge in [0.2, 0.25) is 0 Å². The van der Waals surface area contributed by atoms with Gasteiger partial charge < -0.3 is 5.11 Å². The topological polar surface area (TPSA) is 50.9 Å². The van der Waals surface area contributed by atoms with Gasteiger partial charge >= 0.3 is 6.18 Å². The molecule has 0 spiro atoms. The van der Waals surface area contributed by atoms with Crippen molar-refractivity contribution < 1.29 is 18.3 Å².